The summed E-state index contributed by atoms with van der Waals surface area (Å²) in [5.74, 6) is -0.244. The van der Waals surface area contributed by atoms with E-state index >= 15 is 0 Å². The molecule has 0 bridgehead atoms. The van der Waals surface area contributed by atoms with Gasteiger partial charge in [-0.1, -0.05) is 31.5 Å². The molecule has 2 rings (SSSR count). The van der Waals surface area contributed by atoms with Crippen molar-refractivity contribution in [3.05, 3.63) is 29.8 Å². The van der Waals surface area contributed by atoms with Gasteiger partial charge in [-0.2, -0.15) is 8.42 Å². The average molecular weight is 312 g/mol. The highest BCUT2D eigenvalue weighted by Gasteiger charge is 2.41. The van der Waals surface area contributed by atoms with Crippen LogP contribution in [-0.2, 0) is 23.8 Å². The zero-order valence-corrected chi connectivity index (χ0v) is 13.3. The molecule has 1 aliphatic rings. The Morgan fingerprint density at radius 2 is 1.90 bits per heavy atom. The summed E-state index contributed by atoms with van der Waals surface area (Å²) in [7, 11) is -3.76. The van der Waals surface area contributed by atoms with Crippen LogP contribution in [0, 0.1) is 12.3 Å². The number of carbonyl (C=O) groups is 1. The molecule has 0 saturated carbocycles. The highest BCUT2D eigenvalue weighted by molar-refractivity contribution is 7.86. The molecule has 116 valence electrons. The average Bonchev–Trinajstić information content (AvgIpc) is 2.62. The Labute approximate surface area is 125 Å². The highest BCUT2D eigenvalue weighted by atomic mass is 32.2. The second-order valence-electron chi connectivity index (χ2n) is 6.02. The zero-order chi connectivity index (χ0) is 15.7. The predicted molar refractivity (Wildman–Crippen MR) is 77.2 cm³/mol. The summed E-state index contributed by atoms with van der Waals surface area (Å²) in [5, 5.41) is 0. The molecule has 1 saturated heterocycles. The van der Waals surface area contributed by atoms with Crippen molar-refractivity contribution in [2.45, 2.75) is 44.6 Å². The lowest BCUT2D eigenvalue weighted by Gasteiger charge is -2.23. The molecule has 0 spiro atoms. The normalized spacial score (nSPS) is 21.3. The summed E-state index contributed by atoms with van der Waals surface area (Å²) in [6.45, 7) is 5.74. The van der Waals surface area contributed by atoms with E-state index in [4.69, 9.17) is 8.92 Å². The largest absolute Gasteiger partial charge is 0.462 e. The molecule has 1 heterocycles. The summed E-state index contributed by atoms with van der Waals surface area (Å²) in [5.41, 5.74) is 0.696. The predicted octanol–water partition coefficient (Wildman–Crippen LogP) is 2.43. The van der Waals surface area contributed by atoms with E-state index in [1.807, 2.05) is 20.8 Å². The van der Waals surface area contributed by atoms with Gasteiger partial charge in [0.25, 0.3) is 10.1 Å². The van der Waals surface area contributed by atoms with Gasteiger partial charge >= 0.3 is 5.97 Å². The Bertz CT molecular complexity index is 616. The van der Waals surface area contributed by atoms with E-state index in [1.165, 1.54) is 12.1 Å². The number of esters is 1. The topological polar surface area (TPSA) is 69.7 Å². The Balaban J connectivity index is 1.94. The van der Waals surface area contributed by atoms with Crippen molar-refractivity contribution in [1.82, 2.24) is 0 Å². The Morgan fingerprint density at radius 1 is 1.29 bits per heavy atom. The molecule has 0 N–H and O–H groups in total. The fourth-order valence-electron chi connectivity index (χ4n) is 2.33. The molecule has 0 amide bonds. The lowest BCUT2D eigenvalue weighted by molar-refractivity contribution is -0.142. The van der Waals surface area contributed by atoms with Crippen LogP contribution in [0.5, 0.6) is 0 Å². The third kappa shape index (κ3) is 3.83. The van der Waals surface area contributed by atoms with Crippen LogP contribution in [0.1, 0.15) is 32.3 Å². The van der Waals surface area contributed by atoms with E-state index in [2.05, 4.69) is 0 Å². The molecule has 21 heavy (non-hydrogen) atoms. The first kappa shape index (κ1) is 16.0. The third-order valence-corrected chi connectivity index (χ3v) is 5.00. The van der Waals surface area contributed by atoms with Gasteiger partial charge in [-0.15, -0.1) is 0 Å². The first-order valence-corrected chi connectivity index (χ1v) is 8.27. The number of hydrogen-bond donors (Lipinski definition) is 0. The van der Waals surface area contributed by atoms with Gasteiger partial charge in [-0.05, 0) is 19.1 Å². The molecule has 1 fully saturated rings. The number of hydrogen-bond acceptors (Lipinski definition) is 5. The van der Waals surface area contributed by atoms with Crippen LogP contribution in [0.25, 0.3) is 0 Å². The van der Waals surface area contributed by atoms with Gasteiger partial charge in [0.15, 0.2) is 0 Å². The highest BCUT2D eigenvalue weighted by Crippen LogP contribution is 2.36. The summed E-state index contributed by atoms with van der Waals surface area (Å²) in [6.07, 6.45) is 0.407. The fourth-order valence-corrected chi connectivity index (χ4v) is 3.25. The Kier molecular flexibility index (Phi) is 4.39. The van der Waals surface area contributed by atoms with Crippen molar-refractivity contribution in [1.29, 1.82) is 0 Å². The van der Waals surface area contributed by atoms with E-state index < -0.39 is 10.1 Å². The van der Waals surface area contributed by atoms with E-state index in [-0.39, 0.29) is 29.0 Å². The van der Waals surface area contributed by atoms with Crippen LogP contribution in [0.4, 0.5) is 0 Å². The van der Waals surface area contributed by atoms with Crippen LogP contribution in [0.15, 0.2) is 29.2 Å². The summed E-state index contributed by atoms with van der Waals surface area (Å²) in [6, 6.07) is 6.48. The number of benzene rings is 1. The van der Waals surface area contributed by atoms with Crippen molar-refractivity contribution >= 4 is 16.1 Å². The maximum atomic E-state index is 12.0. The van der Waals surface area contributed by atoms with Gasteiger partial charge in [0, 0.05) is 11.8 Å². The quantitative estimate of drug-likeness (QED) is 0.617. The van der Waals surface area contributed by atoms with Gasteiger partial charge in [0.2, 0.25) is 0 Å². The molecule has 0 aliphatic carbocycles. The molecule has 5 nitrogen and oxygen atoms in total. The zero-order valence-electron chi connectivity index (χ0n) is 12.5. The lowest BCUT2D eigenvalue weighted by Crippen LogP contribution is -2.26. The Hall–Kier alpha value is -1.40. The third-order valence-electron chi connectivity index (χ3n) is 3.67. The van der Waals surface area contributed by atoms with Gasteiger partial charge in [0.05, 0.1) is 17.9 Å². The molecule has 1 aromatic rings. The van der Waals surface area contributed by atoms with E-state index in [9.17, 15) is 13.2 Å². The SMILES string of the molecule is Cc1ccc(S(=O)(=O)OCCC2OC(=O)CC2(C)C)cc1. The summed E-state index contributed by atoms with van der Waals surface area (Å²) < 4.78 is 34.3. The minimum Gasteiger partial charge on any atom is -0.462 e. The number of carbonyl (C=O) groups excluding carboxylic acids is 1. The van der Waals surface area contributed by atoms with Crippen molar-refractivity contribution in [3.8, 4) is 0 Å². The van der Waals surface area contributed by atoms with E-state index in [0.29, 0.717) is 12.8 Å². The minimum atomic E-state index is -3.76. The molecular weight excluding hydrogens is 292 g/mol. The molecule has 1 unspecified atom stereocenters. The van der Waals surface area contributed by atoms with Crippen LogP contribution >= 0.6 is 0 Å². The Morgan fingerprint density at radius 3 is 2.43 bits per heavy atom. The van der Waals surface area contributed by atoms with Gasteiger partial charge < -0.3 is 4.74 Å². The maximum absolute atomic E-state index is 12.0. The first-order valence-electron chi connectivity index (χ1n) is 6.86. The summed E-state index contributed by atoms with van der Waals surface area (Å²) in [4.78, 5) is 11.4. The van der Waals surface area contributed by atoms with Crippen LogP contribution in [0.3, 0.4) is 0 Å². The number of rotatable bonds is 5. The number of aryl methyl sites for hydroxylation is 1. The second-order valence-corrected chi connectivity index (χ2v) is 7.64. The maximum Gasteiger partial charge on any atom is 0.306 e. The second kappa shape index (κ2) is 5.77. The molecule has 6 heteroatoms. The van der Waals surface area contributed by atoms with Crippen molar-refractivity contribution in [2.75, 3.05) is 6.61 Å². The van der Waals surface area contributed by atoms with Crippen LogP contribution in [-0.4, -0.2) is 27.1 Å². The molecule has 1 atom stereocenters. The van der Waals surface area contributed by atoms with Gasteiger partial charge in [0.1, 0.15) is 6.10 Å². The first-order chi connectivity index (χ1) is 9.71. The van der Waals surface area contributed by atoms with Gasteiger partial charge in [-0.3, -0.25) is 8.98 Å². The summed E-state index contributed by atoms with van der Waals surface area (Å²) >= 11 is 0. The number of cyclic esters (lactones) is 1. The minimum absolute atomic E-state index is 0.00239. The number of ether oxygens (including phenoxy) is 1. The fraction of sp³-hybridized carbons (Fsp3) is 0.533. The molecule has 1 aromatic carbocycles. The molecular formula is C15H20O5S. The molecule has 1 aliphatic heterocycles. The molecule has 0 radical (unpaired) electrons. The van der Waals surface area contributed by atoms with Crippen molar-refractivity contribution in [3.63, 3.8) is 0 Å². The molecule has 0 aromatic heterocycles. The van der Waals surface area contributed by atoms with E-state index in [1.54, 1.807) is 12.1 Å². The van der Waals surface area contributed by atoms with Crippen LogP contribution in [0.2, 0.25) is 0 Å². The van der Waals surface area contributed by atoms with Crippen molar-refractivity contribution in [2.24, 2.45) is 5.41 Å². The standard InChI is InChI=1S/C15H20O5S/c1-11-4-6-12(7-5-11)21(17,18)19-9-8-13-15(2,3)10-14(16)20-13/h4-7,13H,8-10H2,1-3H3. The lowest BCUT2D eigenvalue weighted by atomic mass is 9.84. The van der Waals surface area contributed by atoms with Gasteiger partial charge in [-0.25, -0.2) is 0 Å². The van der Waals surface area contributed by atoms with Crippen LogP contribution < -0.4 is 0 Å². The van der Waals surface area contributed by atoms with E-state index in [0.717, 1.165) is 5.56 Å². The van der Waals surface area contributed by atoms with Crippen molar-refractivity contribution < 1.29 is 22.1 Å². The smallest absolute Gasteiger partial charge is 0.306 e. The monoisotopic (exact) mass is 312 g/mol.